The van der Waals surface area contributed by atoms with Gasteiger partial charge in [0.2, 0.25) is 0 Å². The summed E-state index contributed by atoms with van der Waals surface area (Å²) in [5.41, 5.74) is 1.01. The topological polar surface area (TPSA) is 87.0 Å². The summed E-state index contributed by atoms with van der Waals surface area (Å²) in [6.07, 6.45) is 4.26. The normalized spacial score (nSPS) is 29.0. The summed E-state index contributed by atoms with van der Waals surface area (Å²) >= 11 is 0. The van der Waals surface area contributed by atoms with Crippen molar-refractivity contribution >= 4 is 5.97 Å². The zero-order valence-corrected chi connectivity index (χ0v) is 16.4. The molecule has 0 spiro atoms. The van der Waals surface area contributed by atoms with Gasteiger partial charge in [-0.15, -0.1) is 0 Å². The molecular formula is C22H30O5. The van der Waals surface area contributed by atoms with Crippen LogP contribution in [-0.4, -0.2) is 33.0 Å². The molecule has 2 aliphatic rings. The number of carbonyl (C=O) groups is 1. The van der Waals surface area contributed by atoms with Gasteiger partial charge in [0.05, 0.1) is 5.60 Å². The van der Waals surface area contributed by atoms with E-state index in [-0.39, 0.29) is 23.1 Å². The summed E-state index contributed by atoms with van der Waals surface area (Å²) in [4.78, 5) is 11.9. The lowest BCUT2D eigenvalue weighted by atomic mass is 9.66. The van der Waals surface area contributed by atoms with Gasteiger partial charge in [-0.1, -0.05) is 31.9 Å². The number of fused-ring (bicyclic) bond motifs is 3. The Balaban J connectivity index is 2.12. The van der Waals surface area contributed by atoms with E-state index < -0.39 is 17.7 Å². The van der Waals surface area contributed by atoms with Crippen LogP contribution in [0.15, 0.2) is 18.2 Å². The predicted octanol–water partition coefficient (Wildman–Crippen LogP) is 4.40. The summed E-state index contributed by atoms with van der Waals surface area (Å²) in [7, 11) is 0. The average Bonchev–Trinajstić information content (AvgIpc) is 2.95. The first-order valence-electron chi connectivity index (χ1n) is 9.85. The van der Waals surface area contributed by atoms with Crippen molar-refractivity contribution in [3.63, 3.8) is 0 Å². The third-order valence-electron chi connectivity index (χ3n) is 6.20. The first-order valence-corrected chi connectivity index (χ1v) is 9.85. The second kappa shape index (κ2) is 7.19. The van der Waals surface area contributed by atoms with E-state index in [2.05, 4.69) is 13.5 Å². The zero-order valence-electron chi connectivity index (χ0n) is 16.4. The maximum Gasteiger partial charge on any atom is 0.339 e. The van der Waals surface area contributed by atoms with E-state index in [0.29, 0.717) is 29.7 Å². The molecule has 5 nitrogen and oxygen atoms in total. The molecule has 1 heterocycles. The summed E-state index contributed by atoms with van der Waals surface area (Å²) in [5, 5.41) is 31.6. The highest BCUT2D eigenvalue weighted by atomic mass is 16.5. The van der Waals surface area contributed by atoms with Crippen molar-refractivity contribution < 1.29 is 24.9 Å². The van der Waals surface area contributed by atoms with Crippen molar-refractivity contribution in [2.45, 2.75) is 76.9 Å². The molecule has 0 aromatic heterocycles. The minimum Gasteiger partial charge on any atom is -0.507 e. The first kappa shape index (κ1) is 19.7. The van der Waals surface area contributed by atoms with E-state index in [1.165, 1.54) is 0 Å². The number of aromatic hydroxyl groups is 1. The zero-order chi connectivity index (χ0) is 19.9. The Kier molecular flexibility index (Phi) is 5.26. The van der Waals surface area contributed by atoms with Crippen molar-refractivity contribution in [3.05, 3.63) is 34.9 Å². The number of carboxylic acids is 1. The Hall–Kier alpha value is -2.01. The molecular weight excluding hydrogens is 344 g/mol. The summed E-state index contributed by atoms with van der Waals surface area (Å²) in [6, 6.07) is 1.76. The van der Waals surface area contributed by atoms with Crippen LogP contribution in [0.25, 0.3) is 0 Å². The van der Waals surface area contributed by atoms with E-state index >= 15 is 0 Å². The van der Waals surface area contributed by atoms with E-state index in [9.17, 15) is 20.1 Å². The van der Waals surface area contributed by atoms with Gasteiger partial charge in [-0.3, -0.25) is 0 Å². The molecule has 5 heteroatoms. The molecule has 1 saturated carbocycles. The lowest BCUT2D eigenvalue weighted by Gasteiger charge is -2.42. The maximum atomic E-state index is 11.9. The number of rotatable bonds is 6. The van der Waals surface area contributed by atoms with Gasteiger partial charge in [0.1, 0.15) is 23.2 Å². The lowest BCUT2D eigenvalue weighted by molar-refractivity contribution is -0.0824. The van der Waals surface area contributed by atoms with Crippen LogP contribution in [0.5, 0.6) is 11.5 Å². The van der Waals surface area contributed by atoms with Gasteiger partial charge in [-0.2, -0.15) is 0 Å². The Morgan fingerprint density at radius 1 is 1.41 bits per heavy atom. The largest absolute Gasteiger partial charge is 0.507 e. The number of phenols is 1. The third kappa shape index (κ3) is 3.33. The lowest BCUT2D eigenvalue weighted by Crippen LogP contribution is -2.50. The molecule has 0 amide bonds. The van der Waals surface area contributed by atoms with E-state index in [1.54, 1.807) is 13.0 Å². The number of hydrogen-bond acceptors (Lipinski definition) is 4. The number of allylic oxidation sites excluding steroid dienone is 1. The van der Waals surface area contributed by atoms with E-state index in [1.807, 2.05) is 6.92 Å². The third-order valence-corrected chi connectivity index (χ3v) is 6.20. The molecule has 1 aromatic carbocycles. The fourth-order valence-electron chi connectivity index (χ4n) is 4.74. The molecule has 1 fully saturated rings. The van der Waals surface area contributed by atoms with Crippen molar-refractivity contribution in [1.29, 1.82) is 0 Å². The standard InChI is InChI=1S/C22H30O5/c1-5-6-7-8-13-11-15-18(19(23)16(13)21(24)25)17-14(12(2)3)9-10-22(4,26)20(17)27-15/h11,14,17,20,23,26H,2,5-10H2,1,3-4H3,(H,24,25)/t14-,17+,20?,22?/m1/s1. The first-order chi connectivity index (χ1) is 12.7. The van der Waals surface area contributed by atoms with Crippen molar-refractivity contribution in [1.82, 2.24) is 0 Å². The Morgan fingerprint density at radius 3 is 2.70 bits per heavy atom. The van der Waals surface area contributed by atoms with Crippen LogP contribution >= 0.6 is 0 Å². The van der Waals surface area contributed by atoms with Crippen LogP contribution in [0.2, 0.25) is 0 Å². The Bertz CT molecular complexity index is 764. The summed E-state index contributed by atoms with van der Waals surface area (Å²) in [6.45, 7) is 9.86. The number of hydrogen-bond donors (Lipinski definition) is 3. The van der Waals surface area contributed by atoms with Gasteiger partial charge in [-0.25, -0.2) is 4.79 Å². The predicted molar refractivity (Wildman–Crippen MR) is 104 cm³/mol. The number of ether oxygens (including phenoxy) is 1. The van der Waals surface area contributed by atoms with Crippen LogP contribution in [0.3, 0.4) is 0 Å². The van der Waals surface area contributed by atoms with Crippen LogP contribution in [0, 0.1) is 5.92 Å². The molecule has 4 atom stereocenters. The molecule has 2 unspecified atom stereocenters. The average molecular weight is 374 g/mol. The Labute approximate surface area is 160 Å². The maximum absolute atomic E-state index is 11.9. The molecule has 3 rings (SSSR count). The Morgan fingerprint density at radius 2 is 2.11 bits per heavy atom. The molecule has 0 bridgehead atoms. The van der Waals surface area contributed by atoms with Crippen molar-refractivity contribution in [2.75, 3.05) is 0 Å². The van der Waals surface area contributed by atoms with Crippen LogP contribution in [-0.2, 0) is 6.42 Å². The monoisotopic (exact) mass is 374 g/mol. The second-order valence-electron chi connectivity index (χ2n) is 8.35. The van der Waals surface area contributed by atoms with E-state index in [4.69, 9.17) is 4.74 Å². The number of aliphatic hydroxyl groups is 1. The molecule has 1 aliphatic heterocycles. The molecule has 1 aromatic rings. The quantitative estimate of drug-likeness (QED) is 0.507. The molecule has 0 radical (unpaired) electrons. The van der Waals surface area contributed by atoms with Gasteiger partial charge in [0, 0.05) is 11.5 Å². The van der Waals surface area contributed by atoms with Crippen LogP contribution in [0.1, 0.15) is 80.3 Å². The molecule has 3 N–H and O–H groups in total. The summed E-state index contributed by atoms with van der Waals surface area (Å²) < 4.78 is 6.13. The second-order valence-corrected chi connectivity index (χ2v) is 8.35. The van der Waals surface area contributed by atoms with Crippen LogP contribution in [0.4, 0.5) is 0 Å². The minimum atomic E-state index is -1.13. The SMILES string of the molecule is C=C(C)[C@H]1CCC(C)(O)C2Oc3cc(CCCCC)c(C(=O)O)c(O)c3[C@@H]21. The van der Waals surface area contributed by atoms with Crippen LogP contribution < -0.4 is 4.74 Å². The van der Waals surface area contributed by atoms with Gasteiger partial charge in [0.25, 0.3) is 0 Å². The van der Waals surface area contributed by atoms with Gasteiger partial charge in [-0.05, 0) is 57.1 Å². The summed E-state index contributed by atoms with van der Waals surface area (Å²) in [5.74, 6) is -1.07. The molecule has 148 valence electrons. The molecule has 1 aliphatic carbocycles. The number of aryl methyl sites for hydroxylation is 1. The molecule has 0 saturated heterocycles. The van der Waals surface area contributed by atoms with Gasteiger partial charge >= 0.3 is 5.97 Å². The smallest absolute Gasteiger partial charge is 0.339 e. The number of carboxylic acid groups (broad SMARTS) is 1. The van der Waals surface area contributed by atoms with Gasteiger partial charge in [0.15, 0.2) is 0 Å². The molecule has 27 heavy (non-hydrogen) atoms. The highest BCUT2D eigenvalue weighted by molar-refractivity contribution is 5.94. The van der Waals surface area contributed by atoms with E-state index in [0.717, 1.165) is 31.3 Å². The van der Waals surface area contributed by atoms with Gasteiger partial charge < -0.3 is 20.1 Å². The highest BCUT2D eigenvalue weighted by Gasteiger charge is 2.54. The van der Waals surface area contributed by atoms with Crippen molar-refractivity contribution in [2.24, 2.45) is 5.92 Å². The number of aromatic carboxylic acids is 1. The number of unbranched alkanes of at least 4 members (excludes halogenated alkanes) is 2. The number of benzene rings is 1. The van der Waals surface area contributed by atoms with Crippen molar-refractivity contribution in [3.8, 4) is 11.5 Å². The highest BCUT2D eigenvalue weighted by Crippen LogP contribution is 2.57. The fraction of sp³-hybridized carbons (Fsp3) is 0.591. The minimum absolute atomic E-state index is 0.0280. The fourth-order valence-corrected chi connectivity index (χ4v) is 4.74.